The van der Waals surface area contributed by atoms with Gasteiger partial charge in [-0.05, 0) is 36.1 Å². The highest BCUT2D eigenvalue weighted by molar-refractivity contribution is 5.71. The number of fused-ring (bicyclic) bond motifs is 1. The number of carbonyl (C=O) groups excluding carboxylic acids is 1. The first-order valence-electron chi connectivity index (χ1n) is 6.79. The summed E-state index contributed by atoms with van der Waals surface area (Å²) in [5, 5.41) is 3.04. The van der Waals surface area contributed by atoms with Crippen LogP contribution in [0, 0.1) is 0 Å². The monoisotopic (exact) mass is 263 g/mol. The maximum absolute atomic E-state index is 11.5. The van der Waals surface area contributed by atoms with Crippen molar-refractivity contribution in [3.8, 4) is 5.75 Å². The molecule has 1 aliphatic heterocycles. The number of esters is 1. The molecule has 0 amide bonds. The number of ether oxygens (including phenoxy) is 2. The van der Waals surface area contributed by atoms with Gasteiger partial charge >= 0.3 is 5.97 Å². The Kier molecular flexibility index (Phi) is 4.80. The van der Waals surface area contributed by atoms with Crippen LogP contribution in [0.2, 0.25) is 0 Å². The van der Waals surface area contributed by atoms with E-state index in [1.807, 2.05) is 26.0 Å². The topological polar surface area (TPSA) is 47.6 Å². The summed E-state index contributed by atoms with van der Waals surface area (Å²) < 4.78 is 10.8. The average molecular weight is 263 g/mol. The fourth-order valence-corrected chi connectivity index (χ4v) is 2.01. The summed E-state index contributed by atoms with van der Waals surface area (Å²) in [6, 6.07) is 6.27. The van der Waals surface area contributed by atoms with E-state index in [1.165, 1.54) is 5.56 Å². The van der Waals surface area contributed by atoms with Crippen molar-refractivity contribution in [3.05, 3.63) is 29.3 Å². The Morgan fingerprint density at radius 2 is 2.32 bits per heavy atom. The second kappa shape index (κ2) is 6.57. The molecule has 2 rings (SSSR count). The summed E-state index contributed by atoms with van der Waals surface area (Å²) in [5.41, 5.74) is 2.22. The molecule has 4 heteroatoms. The SMILES string of the molecule is CC(C)NCC(=O)OCc1ccc2c(c1)CCCO2. The molecule has 1 N–H and O–H groups in total. The van der Waals surface area contributed by atoms with Gasteiger partial charge in [0.25, 0.3) is 0 Å². The molecule has 104 valence electrons. The smallest absolute Gasteiger partial charge is 0.320 e. The third-order valence-corrected chi connectivity index (χ3v) is 3.03. The number of aryl methyl sites for hydroxylation is 1. The van der Waals surface area contributed by atoms with E-state index in [-0.39, 0.29) is 18.6 Å². The molecule has 0 aromatic heterocycles. The van der Waals surface area contributed by atoms with Crippen LogP contribution in [0.3, 0.4) is 0 Å². The third-order valence-electron chi connectivity index (χ3n) is 3.03. The minimum atomic E-state index is -0.220. The molecule has 0 saturated carbocycles. The number of carbonyl (C=O) groups is 1. The zero-order valence-corrected chi connectivity index (χ0v) is 11.6. The van der Waals surface area contributed by atoms with Crippen LogP contribution in [-0.2, 0) is 22.6 Å². The summed E-state index contributed by atoms with van der Waals surface area (Å²) >= 11 is 0. The summed E-state index contributed by atoms with van der Waals surface area (Å²) in [7, 11) is 0. The van der Waals surface area contributed by atoms with Gasteiger partial charge in [-0.2, -0.15) is 0 Å². The first-order valence-corrected chi connectivity index (χ1v) is 6.79. The minimum Gasteiger partial charge on any atom is -0.493 e. The second-order valence-corrected chi connectivity index (χ2v) is 5.09. The molecule has 0 fully saturated rings. The van der Waals surface area contributed by atoms with Crippen LogP contribution in [0.4, 0.5) is 0 Å². The van der Waals surface area contributed by atoms with Gasteiger partial charge < -0.3 is 14.8 Å². The number of rotatable bonds is 5. The zero-order chi connectivity index (χ0) is 13.7. The van der Waals surface area contributed by atoms with Gasteiger partial charge in [0.2, 0.25) is 0 Å². The van der Waals surface area contributed by atoms with Crippen LogP contribution in [0.5, 0.6) is 5.75 Å². The lowest BCUT2D eigenvalue weighted by atomic mass is 10.0. The molecule has 1 aromatic carbocycles. The Morgan fingerprint density at radius 3 is 3.11 bits per heavy atom. The van der Waals surface area contributed by atoms with Gasteiger partial charge in [-0.1, -0.05) is 19.9 Å². The van der Waals surface area contributed by atoms with Crippen molar-refractivity contribution >= 4 is 5.97 Å². The van der Waals surface area contributed by atoms with Gasteiger partial charge in [0.15, 0.2) is 0 Å². The van der Waals surface area contributed by atoms with Crippen LogP contribution in [-0.4, -0.2) is 25.2 Å². The Hall–Kier alpha value is -1.55. The van der Waals surface area contributed by atoms with E-state index in [9.17, 15) is 4.79 Å². The van der Waals surface area contributed by atoms with Gasteiger partial charge in [0, 0.05) is 6.04 Å². The maximum Gasteiger partial charge on any atom is 0.320 e. The first kappa shape index (κ1) is 13.9. The fraction of sp³-hybridized carbons (Fsp3) is 0.533. The quantitative estimate of drug-likeness (QED) is 0.826. The highest BCUT2D eigenvalue weighted by Gasteiger charge is 2.11. The predicted molar refractivity (Wildman–Crippen MR) is 73.2 cm³/mol. The molecule has 0 spiro atoms. The standard InChI is InChI=1S/C15H21NO3/c1-11(2)16-9-15(17)19-10-12-5-6-14-13(8-12)4-3-7-18-14/h5-6,8,11,16H,3-4,7,9-10H2,1-2H3. The number of nitrogens with one attached hydrogen (secondary N) is 1. The molecule has 1 aromatic rings. The van der Waals surface area contributed by atoms with Crippen molar-refractivity contribution in [2.45, 2.75) is 39.3 Å². The number of hydrogen-bond donors (Lipinski definition) is 1. The van der Waals surface area contributed by atoms with Crippen molar-refractivity contribution in [2.75, 3.05) is 13.2 Å². The lowest BCUT2D eigenvalue weighted by Gasteiger charge is -2.17. The highest BCUT2D eigenvalue weighted by Crippen LogP contribution is 2.25. The molecule has 0 unspecified atom stereocenters. The first-order chi connectivity index (χ1) is 9.15. The molecular formula is C15H21NO3. The maximum atomic E-state index is 11.5. The highest BCUT2D eigenvalue weighted by atomic mass is 16.5. The van der Waals surface area contributed by atoms with E-state index >= 15 is 0 Å². The van der Waals surface area contributed by atoms with E-state index in [4.69, 9.17) is 9.47 Å². The molecule has 0 atom stereocenters. The predicted octanol–water partition coefficient (Wildman–Crippen LogP) is 2.05. The van der Waals surface area contributed by atoms with Gasteiger partial charge in [-0.3, -0.25) is 4.79 Å². The average Bonchev–Trinajstić information content (AvgIpc) is 2.42. The molecule has 0 saturated heterocycles. The summed E-state index contributed by atoms with van der Waals surface area (Å²) in [5.74, 6) is 0.741. The summed E-state index contributed by atoms with van der Waals surface area (Å²) in [6.45, 7) is 5.37. The van der Waals surface area contributed by atoms with Crippen molar-refractivity contribution in [3.63, 3.8) is 0 Å². The van der Waals surface area contributed by atoms with E-state index in [0.29, 0.717) is 6.61 Å². The molecule has 1 aliphatic rings. The van der Waals surface area contributed by atoms with Gasteiger partial charge in [-0.25, -0.2) is 0 Å². The van der Waals surface area contributed by atoms with E-state index < -0.39 is 0 Å². The lowest BCUT2D eigenvalue weighted by molar-refractivity contribution is -0.143. The molecule has 0 radical (unpaired) electrons. The van der Waals surface area contributed by atoms with Crippen LogP contribution in [0.1, 0.15) is 31.4 Å². The Balaban J connectivity index is 1.84. The molecular weight excluding hydrogens is 242 g/mol. The van der Waals surface area contributed by atoms with Crippen LogP contribution < -0.4 is 10.1 Å². The minimum absolute atomic E-state index is 0.220. The van der Waals surface area contributed by atoms with Gasteiger partial charge in [-0.15, -0.1) is 0 Å². The van der Waals surface area contributed by atoms with Gasteiger partial charge in [0.1, 0.15) is 12.4 Å². The molecule has 19 heavy (non-hydrogen) atoms. The van der Waals surface area contributed by atoms with Crippen molar-refractivity contribution < 1.29 is 14.3 Å². The van der Waals surface area contributed by atoms with Crippen molar-refractivity contribution in [1.29, 1.82) is 0 Å². The third kappa shape index (κ3) is 4.24. The number of hydrogen-bond acceptors (Lipinski definition) is 4. The Morgan fingerprint density at radius 1 is 1.47 bits per heavy atom. The largest absolute Gasteiger partial charge is 0.493 e. The fourth-order valence-electron chi connectivity index (χ4n) is 2.01. The van der Waals surface area contributed by atoms with E-state index in [1.54, 1.807) is 0 Å². The van der Waals surface area contributed by atoms with Crippen molar-refractivity contribution in [2.24, 2.45) is 0 Å². The lowest BCUT2D eigenvalue weighted by Crippen LogP contribution is -2.30. The molecule has 0 aliphatic carbocycles. The summed E-state index contributed by atoms with van der Waals surface area (Å²) in [4.78, 5) is 11.5. The molecule has 1 heterocycles. The van der Waals surface area contributed by atoms with Crippen LogP contribution in [0.15, 0.2) is 18.2 Å². The Labute approximate surface area is 114 Å². The summed E-state index contributed by atoms with van der Waals surface area (Å²) in [6.07, 6.45) is 2.08. The molecule has 0 bridgehead atoms. The second-order valence-electron chi connectivity index (χ2n) is 5.09. The molecule has 4 nitrogen and oxygen atoms in total. The normalized spacial score (nSPS) is 13.8. The number of benzene rings is 1. The van der Waals surface area contributed by atoms with E-state index in [0.717, 1.165) is 30.8 Å². The van der Waals surface area contributed by atoms with Crippen LogP contribution >= 0.6 is 0 Å². The Bertz CT molecular complexity index is 443. The van der Waals surface area contributed by atoms with Crippen LogP contribution in [0.25, 0.3) is 0 Å². The van der Waals surface area contributed by atoms with Gasteiger partial charge in [0.05, 0.1) is 13.2 Å². The van der Waals surface area contributed by atoms with Crippen molar-refractivity contribution in [1.82, 2.24) is 5.32 Å². The van der Waals surface area contributed by atoms with E-state index in [2.05, 4.69) is 11.4 Å². The zero-order valence-electron chi connectivity index (χ0n) is 11.6.